The Hall–Kier alpha value is -1.38. The van der Waals surface area contributed by atoms with Crippen LogP contribution in [0, 0.1) is 0 Å². The van der Waals surface area contributed by atoms with Crippen molar-refractivity contribution in [2.24, 2.45) is 0 Å². The number of anilines is 1. The maximum atomic E-state index is 5.60. The molecular weight excluding hydrogens is 226 g/mol. The van der Waals surface area contributed by atoms with Gasteiger partial charge in [-0.1, -0.05) is 26.7 Å². The van der Waals surface area contributed by atoms with Gasteiger partial charge < -0.3 is 14.8 Å². The van der Waals surface area contributed by atoms with Crippen molar-refractivity contribution >= 4 is 5.69 Å². The van der Waals surface area contributed by atoms with Crippen molar-refractivity contribution in [2.75, 3.05) is 18.5 Å². The molecule has 3 nitrogen and oxygen atoms in total. The average Bonchev–Trinajstić information content (AvgIpc) is 2.39. The molecule has 0 fully saturated rings. The molecule has 0 aromatic heterocycles. The summed E-state index contributed by atoms with van der Waals surface area (Å²) in [6.07, 6.45) is 4.84. The fourth-order valence-corrected chi connectivity index (χ4v) is 2.35. The molecule has 0 amide bonds. The number of hydrogen-bond acceptors (Lipinski definition) is 3. The van der Waals surface area contributed by atoms with Gasteiger partial charge in [-0.2, -0.15) is 0 Å². The minimum Gasteiger partial charge on any atom is -0.486 e. The summed E-state index contributed by atoms with van der Waals surface area (Å²) >= 11 is 0. The lowest BCUT2D eigenvalue weighted by atomic mass is 10.1. The molecule has 1 aliphatic rings. The van der Waals surface area contributed by atoms with Crippen molar-refractivity contribution in [2.45, 2.75) is 45.6 Å². The van der Waals surface area contributed by atoms with Crippen LogP contribution in [0.2, 0.25) is 0 Å². The Morgan fingerprint density at radius 3 is 2.39 bits per heavy atom. The highest BCUT2D eigenvalue weighted by Crippen LogP contribution is 2.33. The van der Waals surface area contributed by atoms with Gasteiger partial charge in [0.2, 0.25) is 0 Å². The molecule has 1 aromatic rings. The zero-order valence-corrected chi connectivity index (χ0v) is 11.4. The van der Waals surface area contributed by atoms with Crippen molar-refractivity contribution < 1.29 is 9.47 Å². The summed E-state index contributed by atoms with van der Waals surface area (Å²) in [7, 11) is 0. The molecule has 0 atom stereocenters. The molecule has 0 bridgehead atoms. The predicted octanol–water partition coefficient (Wildman–Crippen LogP) is 3.84. The van der Waals surface area contributed by atoms with Crippen molar-refractivity contribution in [1.82, 2.24) is 0 Å². The summed E-state index contributed by atoms with van der Waals surface area (Å²) in [4.78, 5) is 0. The maximum absolute atomic E-state index is 5.60. The van der Waals surface area contributed by atoms with Gasteiger partial charge in [-0.25, -0.2) is 0 Å². The lowest BCUT2D eigenvalue weighted by Gasteiger charge is -2.22. The van der Waals surface area contributed by atoms with Crippen molar-refractivity contribution in [3.8, 4) is 11.5 Å². The largest absolute Gasteiger partial charge is 0.486 e. The first kappa shape index (κ1) is 13.1. The second-order valence-corrected chi connectivity index (χ2v) is 4.78. The normalized spacial score (nSPS) is 13.7. The van der Waals surface area contributed by atoms with Gasteiger partial charge in [-0.05, 0) is 25.0 Å². The Labute approximate surface area is 109 Å². The summed E-state index contributed by atoms with van der Waals surface area (Å²) in [6, 6.07) is 6.67. The van der Waals surface area contributed by atoms with E-state index >= 15 is 0 Å². The summed E-state index contributed by atoms with van der Waals surface area (Å²) < 4.78 is 11.1. The lowest BCUT2D eigenvalue weighted by Crippen LogP contribution is -2.19. The van der Waals surface area contributed by atoms with Gasteiger partial charge in [0.05, 0.1) is 0 Å². The molecule has 100 valence electrons. The van der Waals surface area contributed by atoms with E-state index in [0.717, 1.165) is 17.2 Å². The van der Waals surface area contributed by atoms with E-state index in [1.165, 1.54) is 25.7 Å². The number of hydrogen-bond donors (Lipinski definition) is 1. The van der Waals surface area contributed by atoms with Crippen LogP contribution < -0.4 is 14.8 Å². The standard InChI is InChI=1S/C15H23NO2/c1-3-5-12(6-4-2)16-13-7-8-14-15(11-13)18-10-9-17-14/h7-8,11-12,16H,3-6,9-10H2,1-2H3. The van der Waals surface area contributed by atoms with E-state index < -0.39 is 0 Å². The molecule has 3 heteroatoms. The number of benzene rings is 1. The molecule has 2 rings (SSSR count). The highest BCUT2D eigenvalue weighted by Gasteiger charge is 2.13. The van der Waals surface area contributed by atoms with Gasteiger partial charge in [0.25, 0.3) is 0 Å². The Kier molecular flexibility index (Phi) is 4.73. The van der Waals surface area contributed by atoms with Crippen LogP contribution in [-0.4, -0.2) is 19.3 Å². The van der Waals surface area contributed by atoms with Crippen LogP contribution in [0.25, 0.3) is 0 Å². The summed E-state index contributed by atoms with van der Waals surface area (Å²) in [5, 5.41) is 3.60. The fourth-order valence-electron chi connectivity index (χ4n) is 2.35. The first-order valence-electron chi connectivity index (χ1n) is 6.99. The van der Waals surface area contributed by atoms with Crippen LogP contribution in [0.5, 0.6) is 11.5 Å². The van der Waals surface area contributed by atoms with Gasteiger partial charge in [-0.3, -0.25) is 0 Å². The number of ether oxygens (including phenoxy) is 2. The number of nitrogens with one attached hydrogen (secondary N) is 1. The second kappa shape index (κ2) is 6.53. The SMILES string of the molecule is CCCC(CCC)Nc1ccc2c(c1)OCCO2. The average molecular weight is 249 g/mol. The minimum atomic E-state index is 0.558. The van der Waals surface area contributed by atoms with E-state index in [2.05, 4.69) is 25.2 Å². The van der Waals surface area contributed by atoms with Crippen molar-refractivity contribution in [1.29, 1.82) is 0 Å². The lowest BCUT2D eigenvalue weighted by molar-refractivity contribution is 0.171. The Bertz CT molecular complexity index is 373. The van der Waals surface area contributed by atoms with Crippen LogP contribution >= 0.6 is 0 Å². The number of fused-ring (bicyclic) bond motifs is 1. The first-order valence-corrected chi connectivity index (χ1v) is 6.99. The quantitative estimate of drug-likeness (QED) is 0.831. The van der Waals surface area contributed by atoms with Crippen LogP contribution in [0.3, 0.4) is 0 Å². The van der Waals surface area contributed by atoms with Gasteiger partial charge in [0.1, 0.15) is 13.2 Å². The second-order valence-electron chi connectivity index (χ2n) is 4.78. The van der Waals surface area contributed by atoms with Crippen LogP contribution in [0.1, 0.15) is 39.5 Å². The van der Waals surface area contributed by atoms with Crippen molar-refractivity contribution in [3.63, 3.8) is 0 Å². The summed E-state index contributed by atoms with van der Waals surface area (Å²) in [6.45, 7) is 5.75. The fraction of sp³-hybridized carbons (Fsp3) is 0.600. The molecule has 1 N–H and O–H groups in total. The van der Waals surface area contributed by atoms with Crippen LogP contribution in [0.4, 0.5) is 5.69 Å². The molecule has 0 radical (unpaired) electrons. The summed E-state index contributed by atoms with van der Waals surface area (Å²) in [5.74, 6) is 1.72. The van der Waals surface area contributed by atoms with Gasteiger partial charge in [-0.15, -0.1) is 0 Å². The molecule has 1 aromatic carbocycles. The molecule has 0 saturated carbocycles. The van der Waals surface area contributed by atoms with Crippen LogP contribution in [-0.2, 0) is 0 Å². The van der Waals surface area contributed by atoms with Gasteiger partial charge in [0, 0.05) is 17.8 Å². The molecule has 0 spiro atoms. The first-order chi connectivity index (χ1) is 8.83. The molecule has 18 heavy (non-hydrogen) atoms. The minimum absolute atomic E-state index is 0.558. The highest BCUT2D eigenvalue weighted by atomic mass is 16.6. The monoisotopic (exact) mass is 249 g/mol. The topological polar surface area (TPSA) is 30.5 Å². The van der Waals surface area contributed by atoms with E-state index in [-0.39, 0.29) is 0 Å². The summed E-state index contributed by atoms with van der Waals surface area (Å²) in [5.41, 5.74) is 1.13. The van der Waals surface area contributed by atoms with E-state index in [1.807, 2.05) is 12.1 Å². The molecule has 0 aliphatic carbocycles. The molecule has 1 heterocycles. The highest BCUT2D eigenvalue weighted by molar-refractivity contribution is 5.55. The third kappa shape index (κ3) is 3.31. The molecule has 0 saturated heterocycles. The van der Waals surface area contributed by atoms with Crippen molar-refractivity contribution in [3.05, 3.63) is 18.2 Å². The van der Waals surface area contributed by atoms with E-state index in [1.54, 1.807) is 0 Å². The van der Waals surface area contributed by atoms with Crippen LogP contribution in [0.15, 0.2) is 18.2 Å². The zero-order chi connectivity index (χ0) is 12.8. The number of rotatable bonds is 6. The third-order valence-electron chi connectivity index (χ3n) is 3.19. The molecule has 1 aliphatic heterocycles. The molecular formula is C15H23NO2. The Balaban J connectivity index is 2.03. The smallest absolute Gasteiger partial charge is 0.163 e. The Morgan fingerprint density at radius 1 is 1.06 bits per heavy atom. The molecule has 0 unspecified atom stereocenters. The van der Waals surface area contributed by atoms with E-state index in [0.29, 0.717) is 19.3 Å². The zero-order valence-electron chi connectivity index (χ0n) is 11.4. The van der Waals surface area contributed by atoms with E-state index in [4.69, 9.17) is 9.47 Å². The third-order valence-corrected chi connectivity index (χ3v) is 3.19. The van der Waals surface area contributed by atoms with Gasteiger partial charge in [0.15, 0.2) is 11.5 Å². The van der Waals surface area contributed by atoms with E-state index in [9.17, 15) is 0 Å². The Morgan fingerprint density at radius 2 is 1.72 bits per heavy atom. The maximum Gasteiger partial charge on any atom is 0.163 e. The van der Waals surface area contributed by atoms with Gasteiger partial charge >= 0.3 is 0 Å². The predicted molar refractivity (Wildman–Crippen MR) is 74.7 cm³/mol.